The van der Waals surface area contributed by atoms with Gasteiger partial charge in [-0.05, 0) is 43.7 Å². The Balaban J connectivity index is 1.60. The molecule has 2 heterocycles. The Labute approximate surface area is 151 Å². The number of anilines is 2. The molecule has 1 atom stereocenters. The van der Waals surface area contributed by atoms with Gasteiger partial charge in [-0.2, -0.15) is 0 Å². The van der Waals surface area contributed by atoms with Crippen molar-refractivity contribution in [2.75, 3.05) is 37.4 Å². The molecule has 1 fully saturated rings. The molecule has 24 heavy (non-hydrogen) atoms. The summed E-state index contributed by atoms with van der Waals surface area (Å²) < 4.78 is 13.0. The summed E-state index contributed by atoms with van der Waals surface area (Å²) in [5.41, 5.74) is 0.967. The van der Waals surface area contributed by atoms with E-state index < -0.39 is 0 Å². The van der Waals surface area contributed by atoms with Gasteiger partial charge in [-0.15, -0.1) is 0 Å². The minimum Gasteiger partial charge on any atom is -0.381 e. The fourth-order valence-corrected chi connectivity index (χ4v) is 4.13. The first-order chi connectivity index (χ1) is 11.5. The number of hydrogen-bond donors (Lipinski definition) is 1. The molecular formula is C17H22ClFN4S. The summed E-state index contributed by atoms with van der Waals surface area (Å²) in [6.07, 6.45) is 2.25. The first-order valence-corrected chi connectivity index (χ1v) is 9.27. The van der Waals surface area contributed by atoms with Crippen molar-refractivity contribution in [1.82, 2.24) is 9.88 Å². The second-order valence-electron chi connectivity index (χ2n) is 6.33. The van der Waals surface area contributed by atoms with Crippen LogP contribution in [0.1, 0.15) is 17.7 Å². The molecule has 0 bridgehead atoms. The highest BCUT2D eigenvalue weighted by Crippen LogP contribution is 2.30. The first kappa shape index (κ1) is 17.5. The van der Waals surface area contributed by atoms with Crippen LogP contribution in [0.25, 0.3) is 0 Å². The Bertz CT molecular complexity index is 674. The lowest BCUT2D eigenvalue weighted by atomic mass is 10.1. The van der Waals surface area contributed by atoms with Gasteiger partial charge >= 0.3 is 0 Å². The Morgan fingerprint density at radius 3 is 2.79 bits per heavy atom. The van der Waals surface area contributed by atoms with Crippen LogP contribution in [-0.4, -0.2) is 43.1 Å². The lowest BCUT2D eigenvalue weighted by Gasteiger charge is -2.33. The average molecular weight is 369 g/mol. The summed E-state index contributed by atoms with van der Waals surface area (Å²) >= 11 is 7.93. The van der Waals surface area contributed by atoms with E-state index in [1.807, 2.05) is 19.0 Å². The van der Waals surface area contributed by atoms with Crippen LogP contribution in [0.5, 0.6) is 0 Å². The molecule has 0 amide bonds. The summed E-state index contributed by atoms with van der Waals surface area (Å²) in [4.78, 5) is 9.90. The van der Waals surface area contributed by atoms with E-state index >= 15 is 0 Å². The molecule has 0 saturated carbocycles. The molecule has 2 aromatic rings. The molecule has 1 N–H and O–H groups in total. The summed E-state index contributed by atoms with van der Waals surface area (Å²) in [7, 11) is 3.95. The number of thiazole rings is 1. The molecule has 1 aliphatic heterocycles. The molecule has 7 heteroatoms. The summed E-state index contributed by atoms with van der Waals surface area (Å²) in [5.74, 6) is -0.206. The highest BCUT2D eigenvalue weighted by atomic mass is 35.5. The zero-order valence-electron chi connectivity index (χ0n) is 13.9. The number of rotatable bonds is 5. The zero-order valence-corrected chi connectivity index (χ0v) is 15.5. The second kappa shape index (κ2) is 7.68. The molecule has 1 aromatic heterocycles. The highest BCUT2D eigenvalue weighted by Gasteiger charge is 2.22. The van der Waals surface area contributed by atoms with Gasteiger partial charge in [0.05, 0.1) is 4.88 Å². The Morgan fingerprint density at radius 1 is 1.38 bits per heavy atom. The molecule has 0 aliphatic carbocycles. The maximum Gasteiger partial charge on any atom is 0.186 e. The summed E-state index contributed by atoms with van der Waals surface area (Å²) in [5, 5.41) is 5.05. The number of benzene rings is 1. The smallest absolute Gasteiger partial charge is 0.186 e. The lowest BCUT2D eigenvalue weighted by Crippen LogP contribution is -2.41. The van der Waals surface area contributed by atoms with Crippen molar-refractivity contribution in [3.05, 3.63) is 40.1 Å². The minimum absolute atomic E-state index is 0.206. The topological polar surface area (TPSA) is 31.4 Å². The van der Waals surface area contributed by atoms with Gasteiger partial charge in [0.1, 0.15) is 11.0 Å². The number of aromatic nitrogens is 1. The van der Waals surface area contributed by atoms with Crippen LogP contribution < -0.4 is 10.2 Å². The molecule has 1 aliphatic rings. The lowest BCUT2D eigenvalue weighted by molar-refractivity contribution is 0.210. The molecular weight excluding hydrogens is 347 g/mol. The van der Waals surface area contributed by atoms with E-state index in [1.165, 1.54) is 12.1 Å². The molecule has 0 radical (unpaired) electrons. The molecule has 1 aromatic carbocycles. The van der Waals surface area contributed by atoms with E-state index in [0.717, 1.165) is 48.2 Å². The highest BCUT2D eigenvalue weighted by molar-refractivity contribution is 7.16. The Hall–Kier alpha value is -1.37. The maximum atomic E-state index is 13.0. The van der Waals surface area contributed by atoms with E-state index in [-0.39, 0.29) is 5.82 Å². The van der Waals surface area contributed by atoms with E-state index in [4.69, 9.17) is 11.6 Å². The normalized spacial score (nSPS) is 18.6. The van der Waals surface area contributed by atoms with E-state index in [0.29, 0.717) is 11.2 Å². The standard InChI is InChI=1S/C17H22ClFN4S/c1-22(2)17-21-16(18)15(24-17)11-23-9-3-4-14(10-23)20-13-7-5-12(19)6-8-13/h5-8,14,20H,3-4,9-11H2,1-2H3. The van der Waals surface area contributed by atoms with Crippen molar-refractivity contribution >= 4 is 33.8 Å². The van der Waals surface area contributed by atoms with Crippen molar-refractivity contribution in [3.8, 4) is 0 Å². The number of likely N-dealkylation sites (tertiary alicyclic amines) is 1. The number of piperidine rings is 1. The van der Waals surface area contributed by atoms with Crippen LogP contribution in [0.2, 0.25) is 5.15 Å². The van der Waals surface area contributed by atoms with Gasteiger partial charge in [-0.25, -0.2) is 9.37 Å². The van der Waals surface area contributed by atoms with Crippen LogP contribution in [-0.2, 0) is 6.54 Å². The second-order valence-corrected chi connectivity index (χ2v) is 7.75. The van der Waals surface area contributed by atoms with E-state index in [2.05, 4.69) is 15.2 Å². The largest absolute Gasteiger partial charge is 0.381 e. The third kappa shape index (κ3) is 4.37. The minimum atomic E-state index is -0.206. The number of nitrogens with one attached hydrogen (secondary N) is 1. The van der Waals surface area contributed by atoms with Gasteiger partial charge < -0.3 is 10.2 Å². The van der Waals surface area contributed by atoms with Crippen LogP contribution in [0.4, 0.5) is 15.2 Å². The van der Waals surface area contributed by atoms with Crippen LogP contribution in [0.3, 0.4) is 0 Å². The molecule has 1 saturated heterocycles. The van der Waals surface area contributed by atoms with Crippen LogP contribution in [0, 0.1) is 5.82 Å². The van der Waals surface area contributed by atoms with Crippen LogP contribution >= 0.6 is 22.9 Å². The average Bonchev–Trinajstić information content (AvgIpc) is 2.91. The van der Waals surface area contributed by atoms with Crippen molar-refractivity contribution in [2.45, 2.75) is 25.4 Å². The van der Waals surface area contributed by atoms with Gasteiger partial charge in [-0.3, -0.25) is 4.90 Å². The third-order valence-electron chi connectivity index (χ3n) is 4.11. The summed E-state index contributed by atoms with van der Waals surface area (Å²) in [6.45, 7) is 2.84. The van der Waals surface area contributed by atoms with Gasteiger partial charge in [0.2, 0.25) is 0 Å². The van der Waals surface area contributed by atoms with E-state index in [9.17, 15) is 4.39 Å². The van der Waals surface area contributed by atoms with Crippen molar-refractivity contribution in [2.24, 2.45) is 0 Å². The van der Waals surface area contributed by atoms with E-state index in [1.54, 1.807) is 23.5 Å². The summed E-state index contributed by atoms with van der Waals surface area (Å²) in [6, 6.07) is 6.92. The van der Waals surface area contributed by atoms with Crippen LogP contribution in [0.15, 0.2) is 24.3 Å². The Morgan fingerprint density at radius 2 is 2.12 bits per heavy atom. The van der Waals surface area contributed by atoms with Gasteiger partial charge in [0.25, 0.3) is 0 Å². The molecule has 0 spiro atoms. The van der Waals surface area contributed by atoms with Gasteiger partial charge in [0, 0.05) is 38.9 Å². The molecule has 3 rings (SSSR count). The van der Waals surface area contributed by atoms with Crippen molar-refractivity contribution in [1.29, 1.82) is 0 Å². The first-order valence-electron chi connectivity index (χ1n) is 8.08. The number of halogens is 2. The number of nitrogens with zero attached hydrogens (tertiary/aromatic N) is 3. The van der Waals surface area contributed by atoms with Crippen molar-refractivity contribution in [3.63, 3.8) is 0 Å². The molecule has 4 nitrogen and oxygen atoms in total. The predicted octanol–water partition coefficient (Wildman–Crippen LogP) is 4.08. The fourth-order valence-electron chi connectivity index (χ4n) is 2.91. The third-order valence-corrected chi connectivity index (χ3v) is 5.74. The zero-order chi connectivity index (χ0) is 17.1. The van der Waals surface area contributed by atoms with Gasteiger partial charge in [0.15, 0.2) is 5.13 Å². The van der Waals surface area contributed by atoms with Crippen molar-refractivity contribution < 1.29 is 4.39 Å². The Kier molecular flexibility index (Phi) is 5.58. The van der Waals surface area contributed by atoms with Gasteiger partial charge in [-0.1, -0.05) is 22.9 Å². The SMILES string of the molecule is CN(C)c1nc(Cl)c(CN2CCCC(Nc3ccc(F)cc3)C2)s1. The molecule has 1 unspecified atom stereocenters. The maximum absolute atomic E-state index is 13.0. The molecule has 130 valence electrons. The monoisotopic (exact) mass is 368 g/mol. The fraction of sp³-hybridized carbons (Fsp3) is 0.471. The predicted molar refractivity (Wildman–Crippen MR) is 99.8 cm³/mol. The number of hydrogen-bond acceptors (Lipinski definition) is 5. The quantitative estimate of drug-likeness (QED) is 0.861.